The quantitative estimate of drug-likeness (QED) is 0.422. The minimum Gasteiger partial charge on any atom is -0.501 e. The smallest absolute Gasteiger partial charge is 0.296 e. The van der Waals surface area contributed by atoms with E-state index < -0.39 is 44.3 Å². The van der Waals surface area contributed by atoms with Crippen LogP contribution in [0, 0.1) is 18.7 Å². The van der Waals surface area contributed by atoms with Gasteiger partial charge in [-0.2, -0.15) is 5.10 Å². The number of aromatic hydroxyl groups is 1. The van der Waals surface area contributed by atoms with E-state index in [1.54, 1.807) is 6.92 Å². The molecule has 3 N–H and O–H groups in total. The fourth-order valence-corrected chi connectivity index (χ4v) is 6.26. The third-order valence-electron chi connectivity index (χ3n) is 7.00. The minimum absolute atomic E-state index is 0.0951. The van der Waals surface area contributed by atoms with Crippen LogP contribution in [0.25, 0.3) is 5.69 Å². The van der Waals surface area contributed by atoms with Crippen LogP contribution in [0.15, 0.2) is 29.3 Å². The first-order valence-corrected chi connectivity index (χ1v) is 13.6. The van der Waals surface area contributed by atoms with E-state index in [4.69, 9.17) is 0 Å². The molecule has 1 aromatic carbocycles. The number of halogens is 1. The maximum absolute atomic E-state index is 14.0. The summed E-state index contributed by atoms with van der Waals surface area (Å²) in [4.78, 5) is 34.7. The molecule has 1 amide bonds. The Morgan fingerprint density at radius 1 is 1.30 bits per heavy atom. The van der Waals surface area contributed by atoms with Crippen molar-refractivity contribution < 1.29 is 22.7 Å². The second-order valence-corrected chi connectivity index (χ2v) is 11.4. The van der Waals surface area contributed by atoms with Crippen molar-refractivity contribution in [3.05, 3.63) is 63.6 Å². The van der Waals surface area contributed by atoms with Crippen LogP contribution in [0.2, 0.25) is 0 Å². The van der Waals surface area contributed by atoms with Crippen LogP contribution in [0.3, 0.4) is 0 Å². The number of hydrogen-bond acceptors (Lipinski definition) is 8. The summed E-state index contributed by atoms with van der Waals surface area (Å²) in [5.41, 5.74) is -1.59. The summed E-state index contributed by atoms with van der Waals surface area (Å²) in [5.74, 6) is -1.40. The lowest BCUT2D eigenvalue weighted by Gasteiger charge is -2.36. The average Bonchev–Trinajstić information content (AvgIpc) is 3.13. The van der Waals surface area contributed by atoms with Gasteiger partial charge in [0.25, 0.3) is 11.5 Å². The standard InChI is InChI=1S/C23H26FN7O5S/c1-13-26-12-27-31(13)17-9-16(24)4-3-15(17)10-25-20(33)18-19(32)21(34)30-11-14-5-7-23(8-6-14,22(30)28-18)29-37(2,35)36/h3-4,9,12,14,29,32H,5-8,10-11H2,1-2H3,(H,25,33). The minimum atomic E-state index is -3.68. The van der Waals surface area contributed by atoms with Crippen molar-refractivity contribution in [3.8, 4) is 11.4 Å². The van der Waals surface area contributed by atoms with Crippen molar-refractivity contribution >= 4 is 15.9 Å². The van der Waals surface area contributed by atoms with E-state index in [2.05, 4.69) is 25.1 Å². The molecule has 37 heavy (non-hydrogen) atoms. The SMILES string of the molecule is Cc1ncnn1-c1cc(F)ccc1CNC(=O)c1nc2n(c(=O)c1O)CC1CCC2(NS(C)(=O)=O)CC1. The van der Waals surface area contributed by atoms with E-state index in [0.29, 0.717) is 42.8 Å². The Balaban J connectivity index is 1.51. The molecule has 1 aliphatic carbocycles. The highest BCUT2D eigenvalue weighted by Gasteiger charge is 2.46. The number of hydrogen-bond donors (Lipinski definition) is 3. The van der Waals surface area contributed by atoms with Gasteiger partial charge in [-0.1, -0.05) is 6.07 Å². The summed E-state index contributed by atoms with van der Waals surface area (Å²) in [7, 11) is -3.68. The number of benzene rings is 1. The highest BCUT2D eigenvalue weighted by molar-refractivity contribution is 7.88. The van der Waals surface area contributed by atoms with Gasteiger partial charge in [-0.3, -0.25) is 14.2 Å². The third kappa shape index (κ3) is 4.62. The summed E-state index contributed by atoms with van der Waals surface area (Å²) in [6, 6.07) is 3.97. The first-order chi connectivity index (χ1) is 17.5. The molecule has 14 heteroatoms. The molecule has 0 unspecified atom stereocenters. The summed E-state index contributed by atoms with van der Waals surface area (Å²) in [6.45, 7) is 1.88. The molecule has 0 atom stereocenters. The lowest BCUT2D eigenvalue weighted by molar-refractivity contribution is 0.0941. The number of aryl methyl sites for hydroxylation is 1. The molecular formula is C23H26FN7O5S. The number of fused-ring (bicyclic) bond motifs is 2. The molecule has 12 nitrogen and oxygen atoms in total. The number of carbonyl (C=O) groups excluding carboxylic acids is 1. The van der Waals surface area contributed by atoms with Gasteiger partial charge in [-0.15, -0.1) is 0 Å². The number of amides is 1. The number of aromatic nitrogens is 5. The second-order valence-electron chi connectivity index (χ2n) is 9.62. The van der Waals surface area contributed by atoms with Crippen molar-refractivity contribution in [2.24, 2.45) is 5.92 Å². The lowest BCUT2D eigenvalue weighted by Crippen LogP contribution is -2.49. The van der Waals surface area contributed by atoms with Gasteiger partial charge < -0.3 is 10.4 Å². The molecule has 6 rings (SSSR count). The molecule has 1 saturated carbocycles. The zero-order valence-electron chi connectivity index (χ0n) is 20.2. The highest BCUT2D eigenvalue weighted by Crippen LogP contribution is 2.43. The molecule has 0 spiro atoms. The summed E-state index contributed by atoms with van der Waals surface area (Å²) in [6.07, 6.45) is 4.53. The number of sulfonamides is 1. The van der Waals surface area contributed by atoms with E-state index in [9.17, 15) is 27.5 Å². The van der Waals surface area contributed by atoms with Crippen LogP contribution in [0.4, 0.5) is 4.39 Å². The lowest BCUT2D eigenvalue weighted by atomic mass is 9.78. The molecule has 196 valence electrons. The van der Waals surface area contributed by atoms with Crippen molar-refractivity contribution in [3.63, 3.8) is 0 Å². The molecule has 3 aliphatic rings. The summed E-state index contributed by atoms with van der Waals surface area (Å²) < 4.78 is 43.8. The molecule has 2 aliphatic heterocycles. The predicted octanol–water partition coefficient (Wildman–Crippen LogP) is 0.855. The number of rotatable bonds is 6. The normalized spacial score (nSPS) is 20.9. The van der Waals surface area contributed by atoms with Gasteiger partial charge in [0.05, 0.1) is 17.5 Å². The zero-order valence-corrected chi connectivity index (χ0v) is 21.0. The summed E-state index contributed by atoms with van der Waals surface area (Å²) in [5, 5.41) is 17.3. The van der Waals surface area contributed by atoms with Crippen LogP contribution in [-0.2, 0) is 28.7 Å². The fourth-order valence-electron chi connectivity index (χ4n) is 5.25. The van der Waals surface area contributed by atoms with Gasteiger partial charge >= 0.3 is 0 Å². The molecule has 1 fully saturated rings. The highest BCUT2D eigenvalue weighted by atomic mass is 32.2. The van der Waals surface area contributed by atoms with Crippen molar-refractivity contribution in [1.82, 2.24) is 34.4 Å². The molecule has 0 saturated heterocycles. The zero-order chi connectivity index (χ0) is 26.5. The Bertz CT molecular complexity index is 1560. The van der Waals surface area contributed by atoms with Crippen LogP contribution >= 0.6 is 0 Å². The molecule has 2 aromatic heterocycles. The first kappa shape index (κ1) is 25.0. The average molecular weight is 532 g/mol. The Labute approximate surface area is 211 Å². The fraction of sp³-hybridized carbons (Fsp3) is 0.435. The van der Waals surface area contributed by atoms with Crippen LogP contribution in [-0.4, -0.2) is 50.0 Å². The molecule has 2 bridgehead atoms. The van der Waals surface area contributed by atoms with E-state index >= 15 is 0 Å². The third-order valence-corrected chi connectivity index (χ3v) is 7.76. The number of nitrogens with zero attached hydrogens (tertiary/aromatic N) is 5. The van der Waals surface area contributed by atoms with Crippen LogP contribution < -0.4 is 15.6 Å². The Hall–Kier alpha value is -3.65. The molecule has 4 heterocycles. The van der Waals surface area contributed by atoms with Crippen LogP contribution in [0.1, 0.15) is 53.4 Å². The Morgan fingerprint density at radius 2 is 2.03 bits per heavy atom. The van der Waals surface area contributed by atoms with Crippen LogP contribution in [0.5, 0.6) is 5.75 Å². The number of nitrogens with one attached hydrogen (secondary N) is 2. The molecule has 0 radical (unpaired) electrons. The largest absolute Gasteiger partial charge is 0.501 e. The topological polar surface area (TPSA) is 161 Å². The Kier molecular flexibility index (Phi) is 6.10. The second kappa shape index (κ2) is 9.03. The summed E-state index contributed by atoms with van der Waals surface area (Å²) >= 11 is 0. The monoisotopic (exact) mass is 531 g/mol. The van der Waals surface area contributed by atoms with Gasteiger partial charge in [-0.05, 0) is 56.2 Å². The first-order valence-electron chi connectivity index (χ1n) is 11.7. The maximum atomic E-state index is 14.0. The molecule has 3 aromatic rings. The van der Waals surface area contributed by atoms with E-state index in [1.807, 2.05) is 0 Å². The van der Waals surface area contributed by atoms with Gasteiger partial charge in [0.1, 0.15) is 23.8 Å². The predicted molar refractivity (Wildman–Crippen MR) is 129 cm³/mol. The van der Waals surface area contributed by atoms with Gasteiger partial charge in [0.2, 0.25) is 15.8 Å². The maximum Gasteiger partial charge on any atom is 0.296 e. The van der Waals surface area contributed by atoms with Crippen molar-refractivity contribution in [2.75, 3.05) is 6.26 Å². The van der Waals surface area contributed by atoms with Gasteiger partial charge in [0, 0.05) is 13.1 Å². The van der Waals surface area contributed by atoms with E-state index in [1.165, 1.54) is 33.8 Å². The Morgan fingerprint density at radius 3 is 2.68 bits per heavy atom. The van der Waals surface area contributed by atoms with Gasteiger partial charge in [-0.25, -0.2) is 32.2 Å². The van der Waals surface area contributed by atoms with Gasteiger partial charge in [0.15, 0.2) is 5.69 Å². The van der Waals surface area contributed by atoms with Crippen molar-refractivity contribution in [2.45, 2.75) is 51.2 Å². The van der Waals surface area contributed by atoms with Crippen molar-refractivity contribution in [1.29, 1.82) is 0 Å². The van der Waals surface area contributed by atoms with E-state index in [0.717, 1.165) is 6.26 Å². The molecular weight excluding hydrogens is 505 g/mol. The van der Waals surface area contributed by atoms with E-state index in [-0.39, 0.29) is 24.8 Å². The number of carbonyl (C=O) groups is 1.